The molecule has 25 heavy (non-hydrogen) atoms. The number of hydrogen-bond acceptors (Lipinski definition) is 5. The van der Waals surface area contributed by atoms with Crippen molar-refractivity contribution in [2.24, 2.45) is 4.99 Å². The van der Waals surface area contributed by atoms with Crippen molar-refractivity contribution < 1.29 is 4.74 Å². The van der Waals surface area contributed by atoms with Crippen LogP contribution in [0.5, 0.6) is 0 Å². The van der Waals surface area contributed by atoms with Gasteiger partial charge in [0.25, 0.3) is 6.02 Å². The highest BCUT2D eigenvalue weighted by atomic mass is 35.5. The lowest BCUT2D eigenvalue weighted by Gasteiger charge is -2.24. The third-order valence-corrected chi connectivity index (χ3v) is 4.21. The fraction of sp³-hybridized carbons (Fsp3) is 0.167. The van der Waals surface area contributed by atoms with E-state index in [9.17, 15) is 0 Å². The SMILES string of the molecule is ClC1=CN=C(OCCc2ccccn2)NC1n1cnc2ccccc21. The zero-order valence-corrected chi connectivity index (χ0v) is 14.1. The number of ether oxygens (including phenoxy) is 1. The number of rotatable bonds is 4. The van der Waals surface area contributed by atoms with Gasteiger partial charge in [-0.3, -0.25) is 4.98 Å². The van der Waals surface area contributed by atoms with E-state index < -0.39 is 0 Å². The van der Waals surface area contributed by atoms with Crippen LogP contribution in [0, 0.1) is 0 Å². The Morgan fingerprint density at radius 2 is 2.00 bits per heavy atom. The molecule has 3 heterocycles. The fourth-order valence-corrected chi connectivity index (χ4v) is 2.89. The topological polar surface area (TPSA) is 64.3 Å². The number of para-hydroxylation sites is 2. The second kappa shape index (κ2) is 6.94. The summed E-state index contributed by atoms with van der Waals surface area (Å²) in [6, 6.07) is 14.1. The van der Waals surface area contributed by atoms with Crippen LogP contribution in [0.4, 0.5) is 0 Å². The van der Waals surface area contributed by atoms with Gasteiger partial charge in [-0.25, -0.2) is 9.98 Å². The van der Waals surface area contributed by atoms with Crippen LogP contribution in [0.3, 0.4) is 0 Å². The summed E-state index contributed by atoms with van der Waals surface area (Å²) in [5, 5.41) is 3.78. The quantitative estimate of drug-likeness (QED) is 0.782. The average molecular weight is 354 g/mol. The summed E-state index contributed by atoms with van der Waals surface area (Å²) in [7, 11) is 0. The van der Waals surface area contributed by atoms with Gasteiger partial charge in [-0.1, -0.05) is 29.8 Å². The number of fused-ring (bicyclic) bond motifs is 1. The van der Waals surface area contributed by atoms with E-state index >= 15 is 0 Å². The van der Waals surface area contributed by atoms with E-state index in [0.717, 1.165) is 16.7 Å². The van der Waals surface area contributed by atoms with Gasteiger partial charge in [0.05, 0.1) is 35.2 Å². The molecule has 1 aliphatic rings. The molecule has 0 saturated heterocycles. The van der Waals surface area contributed by atoms with E-state index in [1.54, 1.807) is 18.7 Å². The molecule has 1 aromatic carbocycles. The van der Waals surface area contributed by atoms with Gasteiger partial charge in [-0.2, -0.15) is 0 Å². The molecule has 1 N–H and O–H groups in total. The zero-order valence-electron chi connectivity index (χ0n) is 13.3. The van der Waals surface area contributed by atoms with E-state index in [4.69, 9.17) is 16.3 Å². The molecule has 4 rings (SSSR count). The monoisotopic (exact) mass is 353 g/mol. The van der Waals surface area contributed by atoms with E-state index in [-0.39, 0.29) is 6.17 Å². The van der Waals surface area contributed by atoms with Crippen molar-refractivity contribution >= 4 is 28.7 Å². The van der Waals surface area contributed by atoms with Gasteiger partial charge in [0.1, 0.15) is 6.17 Å². The maximum atomic E-state index is 6.35. The summed E-state index contributed by atoms with van der Waals surface area (Å²) in [6.07, 6.45) is 5.55. The van der Waals surface area contributed by atoms with Gasteiger partial charge >= 0.3 is 0 Å². The van der Waals surface area contributed by atoms with Crippen molar-refractivity contribution in [3.8, 4) is 0 Å². The molecule has 2 aromatic heterocycles. The van der Waals surface area contributed by atoms with Crippen LogP contribution in [0.1, 0.15) is 11.9 Å². The van der Waals surface area contributed by atoms with Gasteiger partial charge in [0, 0.05) is 18.3 Å². The number of halogens is 1. The van der Waals surface area contributed by atoms with Crippen LogP contribution >= 0.6 is 11.6 Å². The van der Waals surface area contributed by atoms with E-state index in [2.05, 4.69) is 20.3 Å². The molecule has 3 aromatic rings. The Bertz CT molecular complexity index is 935. The minimum absolute atomic E-state index is 0.295. The normalized spacial score (nSPS) is 16.9. The molecule has 1 aliphatic heterocycles. The lowest BCUT2D eigenvalue weighted by molar-refractivity contribution is 0.281. The molecular weight excluding hydrogens is 338 g/mol. The molecule has 126 valence electrons. The van der Waals surface area contributed by atoms with Crippen LogP contribution in [0.25, 0.3) is 11.0 Å². The maximum Gasteiger partial charge on any atom is 0.291 e. The van der Waals surface area contributed by atoms with Gasteiger partial charge in [-0.05, 0) is 24.3 Å². The van der Waals surface area contributed by atoms with Crippen LogP contribution in [-0.2, 0) is 11.2 Å². The number of nitrogens with zero attached hydrogens (tertiary/aromatic N) is 4. The number of hydrogen-bond donors (Lipinski definition) is 1. The Morgan fingerprint density at radius 3 is 2.88 bits per heavy atom. The van der Waals surface area contributed by atoms with Gasteiger partial charge < -0.3 is 14.6 Å². The molecule has 0 bridgehead atoms. The molecule has 6 nitrogen and oxygen atoms in total. The lowest BCUT2D eigenvalue weighted by Crippen LogP contribution is -2.36. The number of benzene rings is 1. The Kier molecular flexibility index (Phi) is 4.35. The minimum atomic E-state index is -0.295. The van der Waals surface area contributed by atoms with Crippen LogP contribution in [0.2, 0.25) is 0 Å². The Morgan fingerprint density at radius 1 is 1.12 bits per heavy atom. The van der Waals surface area contributed by atoms with Gasteiger partial charge in [0.15, 0.2) is 0 Å². The molecule has 0 aliphatic carbocycles. The summed E-state index contributed by atoms with van der Waals surface area (Å²) >= 11 is 6.35. The second-order valence-corrected chi connectivity index (χ2v) is 5.99. The van der Waals surface area contributed by atoms with Crippen LogP contribution in [0.15, 0.2) is 71.2 Å². The molecule has 0 amide bonds. The number of aromatic nitrogens is 3. The fourth-order valence-electron chi connectivity index (χ4n) is 2.68. The maximum absolute atomic E-state index is 6.35. The summed E-state index contributed by atoms with van der Waals surface area (Å²) in [6.45, 7) is 0.478. The predicted molar refractivity (Wildman–Crippen MR) is 97.2 cm³/mol. The van der Waals surface area contributed by atoms with Gasteiger partial charge in [0.2, 0.25) is 0 Å². The minimum Gasteiger partial charge on any atom is -0.465 e. The van der Waals surface area contributed by atoms with Crippen molar-refractivity contribution in [1.29, 1.82) is 0 Å². The van der Waals surface area contributed by atoms with Crippen molar-refractivity contribution in [3.05, 3.63) is 71.9 Å². The van der Waals surface area contributed by atoms with Crippen molar-refractivity contribution in [2.75, 3.05) is 6.61 Å². The second-order valence-electron chi connectivity index (χ2n) is 5.56. The first-order valence-electron chi connectivity index (χ1n) is 7.95. The van der Waals surface area contributed by atoms with E-state index in [1.165, 1.54) is 0 Å². The number of nitrogens with one attached hydrogen (secondary N) is 1. The third-order valence-electron chi connectivity index (χ3n) is 3.91. The summed E-state index contributed by atoms with van der Waals surface area (Å²) in [5.74, 6) is 0. The van der Waals surface area contributed by atoms with Gasteiger partial charge in [-0.15, -0.1) is 0 Å². The highest BCUT2D eigenvalue weighted by Crippen LogP contribution is 2.26. The first-order chi connectivity index (χ1) is 12.3. The average Bonchev–Trinajstić information content (AvgIpc) is 3.08. The number of pyridine rings is 1. The molecule has 1 atom stereocenters. The van der Waals surface area contributed by atoms with E-state index in [0.29, 0.717) is 24.1 Å². The Labute approximate surface area is 149 Å². The first-order valence-corrected chi connectivity index (χ1v) is 8.33. The third kappa shape index (κ3) is 3.34. The smallest absolute Gasteiger partial charge is 0.291 e. The number of amidine groups is 1. The largest absolute Gasteiger partial charge is 0.465 e. The van der Waals surface area contributed by atoms with Crippen LogP contribution in [-0.4, -0.2) is 27.2 Å². The predicted octanol–water partition coefficient (Wildman–Crippen LogP) is 3.23. The van der Waals surface area contributed by atoms with Crippen molar-refractivity contribution in [1.82, 2.24) is 19.9 Å². The summed E-state index contributed by atoms with van der Waals surface area (Å²) < 4.78 is 7.70. The molecule has 0 radical (unpaired) electrons. The number of imidazole rings is 1. The van der Waals surface area contributed by atoms with E-state index in [1.807, 2.05) is 47.0 Å². The molecule has 0 fully saturated rings. The Balaban J connectivity index is 1.46. The molecule has 0 spiro atoms. The van der Waals surface area contributed by atoms with Crippen molar-refractivity contribution in [2.45, 2.75) is 12.6 Å². The summed E-state index contributed by atoms with van der Waals surface area (Å²) in [5.41, 5.74) is 2.87. The molecule has 1 unspecified atom stereocenters. The number of aliphatic imine (C=N–C) groups is 1. The molecule has 0 saturated carbocycles. The van der Waals surface area contributed by atoms with Crippen molar-refractivity contribution in [3.63, 3.8) is 0 Å². The standard InChI is InChI=1S/C18H16ClN5O/c19-14-11-21-18(25-10-8-13-5-3-4-9-20-13)23-17(14)24-12-22-15-6-1-2-7-16(15)24/h1-7,9,11-12,17H,8,10H2,(H,21,23). The first kappa shape index (κ1) is 15.7. The highest BCUT2D eigenvalue weighted by Gasteiger charge is 2.22. The highest BCUT2D eigenvalue weighted by molar-refractivity contribution is 6.30. The molecular formula is C18H16ClN5O. The zero-order chi connectivity index (χ0) is 17.1. The Hall–Kier alpha value is -2.86. The lowest BCUT2D eigenvalue weighted by atomic mass is 10.3. The van der Waals surface area contributed by atoms with Crippen LogP contribution < -0.4 is 5.32 Å². The summed E-state index contributed by atoms with van der Waals surface area (Å²) in [4.78, 5) is 12.9. The molecule has 7 heteroatoms.